The van der Waals surface area contributed by atoms with E-state index in [1.54, 1.807) is 0 Å². The molecule has 0 saturated carbocycles. The van der Waals surface area contributed by atoms with Crippen LogP contribution in [-0.4, -0.2) is 24.0 Å². The van der Waals surface area contributed by atoms with Crippen molar-refractivity contribution in [2.45, 2.75) is 23.5 Å². The van der Waals surface area contributed by atoms with E-state index in [4.69, 9.17) is 4.74 Å². The van der Waals surface area contributed by atoms with Crippen molar-refractivity contribution in [3.05, 3.63) is 65.2 Å². The van der Waals surface area contributed by atoms with Gasteiger partial charge >= 0.3 is 0 Å². The van der Waals surface area contributed by atoms with Gasteiger partial charge in [-0.3, -0.25) is 4.79 Å². The summed E-state index contributed by atoms with van der Waals surface area (Å²) >= 11 is 3.89. The summed E-state index contributed by atoms with van der Waals surface area (Å²) in [5.74, 6) is 3.12. The van der Waals surface area contributed by atoms with Crippen LogP contribution in [0, 0.1) is 0 Å². The summed E-state index contributed by atoms with van der Waals surface area (Å²) in [6.45, 7) is 0.0672. The van der Waals surface area contributed by atoms with Crippen LogP contribution in [-0.2, 0) is 11.2 Å². The van der Waals surface area contributed by atoms with Gasteiger partial charge < -0.3 is 10.1 Å². The van der Waals surface area contributed by atoms with Gasteiger partial charge in [0.1, 0.15) is 5.75 Å². The second kappa shape index (κ2) is 7.75. The summed E-state index contributed by atoms with van der Waals surface area (Å²) in [7, 11) is 0. The maximum atomic E-state index is 12.4. The van der Waals surface area contributed by atoms with Crippen LogP contribution in [0.1, 0.15) is 33.7 Å². The molecule has 0 spiro atoms. The molecule has 1 aliphatic carbocycles. The van der Waals surface area contributed by atoms with Crippen LogP contribution in [0.3, 0.4) is 0 Å². The number of benzene rings is 2. The standard InChI is InChI=1S/C20H21NO2S2/c22-19(21-17-10-9-14-5-1-2-6-15(14)17)13-23-18-8-4-3-7-16(18)20-24-11-12-25-20/h1-8,17,20H,9-13H2,(H,21,22). The molecule has 1 amide bonds. The van der Waals surface area contributed by atoms with Gasteiger partial charge in [0.2, 0.25) is 0 Å². The van der Waals surface area contributed by atoms with E-state index >= 15 is 0 Å². The molecule has 0 aromatic heterocycles. The van der Waals surface area contributed by atoms with Crippen molar-refractivity contribution in [1.29, 1.82) is 0 Å². The van der Waals surface area contributed by atoms with Crippen molar-refractivity contribution in [1.82, 2.24) is 5.32 Å². The van der Waals surface area contributed by atoms with Crippen LogP contribution < -0.4 is 10.1 Å². The lowest BCUT2D eigenvalue weighted by Crippen LogP contribution is -2.31. The molecule has 5 heteroatoms. The van der Waals surface area contributed by atoms with E-state index in [0.717, 1.165) is 18.6 Å². The zero-order valence-corrected chi connectivity index (χ0v) is 15.6. The Bertz CT molecular complexity index is 759. The van der Waals surface area contributed by atoms with E-state index in [2.05, 4.69) is 29.6 Å². The van der Waals surface area contributed by atoms with Crippen LogP contribution in [0.5, 0.6) is 5.75 Å². The van der Waals surface area contributed by atoms with Gasteiger partial charge in [-0.2, -0.15) is 0 Å². The highest BCUT2D eigenvalue weighted by atomic mass is 32.2. The van der Waals surface area contributed by atoms with E-state index in [9.17, 15) is 4.79 Å². The average Bonchev–Trinajstić information content (AvgIpc) is 3.31. The molecule has 2 aliphatic rings. The second-order valence-corrected chi connectivity index (χ2v) is 8.98. The minimum atomic E-state index is -0.0526. The molecule has 2 aromatic rings. The molecular formula is C20H21NO2S2. The number of rotatable bonds is 5. The average molecular weight is 372 g/mol. The number of aryl methyl sites for hydroxylation is 1. The normalized spacial score (nSPS) is 19.6. The number of hydrogen-bond acceptors (Lipinski definition) is 4. The van der Waals surface area contributed by atoms with Crippen molar-refractivity contribution in [3.8, 4) is 5.75 Å². The number of thioether (sulfide) groups is 2. The number of para-hydroxylation sites is 1. The fourth-order valence-electron chi connectivity index (χ4n) is 3.43. The Morgan fingerprint density at radius 2 is 1.76 bits per heavy atom. The summed E-state index contributed by atoms with van der Waals surface area (Å²) in [5.41, 5.74) is 3.78. The van der Waals surface area contributed by atoms with Gasteiger partial charge in [0.05, 0.1) is 10.6 Å². The summed E-state index contributed by atoms with van der Waals surface area (Å²) < 4.78 is 6.29. The Morgan fingerprint density at radius 3 is 2.60 bits per heavy atom. The number of nitrogens with one attached hydrogen (secondary N) is 1. The first-order valence-corrected chi connectivity index (χ1v) is 10.7. The lowest BCUT2D eigenvalue weighted by Gasteiger charge is -2.17. The third-order valence-electron chi connectivity index (χ3n) is 4.62. The minimum Gasteiger partial charge on any atom is -0.483 e. The lowest BCUT2D eigenvalue weighted by atomic mass is 10.1. The molecule has 4 rings (SSSR count). The van der Waals surface area contributed by atoms with Gasteiger partial charge in [0, 0.05) is 17.1 Å². The number of carbonyl (C=O) groups excluding carboxylic acids is 1. The van der Waals surface area contributed by atoms with Crippen molar-refractivity contribution >= 4 is 29.4 Å². The highest BCUT2D eigenvalue weighted by molar-refractivity contribution is 8.19. The van der Waals surface area contributed by atoms with Crippen LogP contribution in [0.25, 0.3) is 0 Å². The van der Waals surface area contributed by atoms with Crippen molar-refractivity contribution in [3.63, 3.8) is 0 Å². The first-order valence-electron chi connectivity index (χ1n) is 8.63. The number of amides is 1. The first kappa shape index (κ1) is 16.9. The monoisotopic (exact) mass is 371 g/mol. The Hall–Kier alpha value is -1.59. The molecule has 1 saturated heterocycles. The van der Waals surface area contributed by atoms with Crippen molar-refractivity contribution < 1.29 is 9.53 Å². The topological polar surface area (TPSA) is 38.3 Å². The SMILES string of the molecule is O=C(COc1ccccc1C1SCCS1)NC1CCc2ccccc21. The smallest absolute Gasteiger partial charge is 0.258 e. The molecule has 1 aliphatic heterocycles. The molecule has 1 heterocycles. The predicted octanol–water partition coefficient (Wildman–Crippen LogP) is 4.35. The van der Waals surface area contributed by atoms with Crippen molar-refractivity contribution in [2.75, 3.05) is 18.1 Å². The number of fused-ring (bicyclic) bond motifs is 1. The van der Waals surface area contributed by atoms with Crippen LogP contribution in [0.15, 0.2) is 48.5 Å². The summed E-state index contributed by atoms with van der Waals surface area (Å²) in [5, 5.41) is 3.12. The maximum Gasteiger partial charge on any atom is 0.258 e. The maximum absolute atomic E-state index is 12.4. The van der Waals surface area contributed by atoms with E-state index < -0.39 is 0 Å². The largest absolute Gasteiger partial charge is 0.483 e. The van der Waals surface area contributed by atoms with Gasteiger partial charge in [0.15, 0.2) is 6.61 Å². The van der Waals surface area contributed by atoms with Gasteiger partial charge in [-0.05, 0) is 30.0 Å². The zero-order valence-electron chi connectivity index (χ0n) is 13.9. The molecule has 25 heavy (non-hydrogen) atoms. The van der Waals surface area contributed by atoms with E-state index in [-0.39, 0.29) is 18.6 Å². The van der Waals surface area contributed by atoms with Crippen LogP contribution >= 0.6 is 23.5 Å². The summed E-state index contributed by atoms with van der Waals surface area (Å²) in [6, 6.07) is 16.5. The summed E-state index contributed by atoms with van der Waals surface area (Å²) in [6.07, 6.45) is 2.00. The third-order valence-corrected chi connectivity index (χ3v) is 7.69. The molecule has 1 atom stereocenters. The second-order valence-electron chi connectivity index (χ2n) is 6.26. The highest BCUT2D eigenvalue weighted by Gasteiger charge is 2.24. The Morgan fingerprint density at radius 1 is 1.04 bits per heavy atom. The zero-order chi connectivity index (χ0) is 17.1. The molecule has 2 aromatic carbocycles. The molecular weight excluding hydrogens is 350 g/mol. The van der Waals surface area contributed by atoms with E-state index in [1.165, 1.54) is 28.2 Å². The van der Waals surface area contributed by atoms with Crippen LogP contribution in [0.2, 0.25) is 0 Å². The number of hydrogen-bond donors (Lipinski definition) is 1. The highest BCUT2D eigenvalue weighted by Crippen LogP contribution is 2.48. The Labute approximate surface area is 156 Å². The Balaban J connectivity index is 1.37. The van der Waals surface area contributed by atoms with Gasteiger partial charge in [-0.25, -0.2) is 0 Å². The number of ether oxygens (including phenoxy) is 1. The molecule has 3 nitrogen and oxygen atoms in total. The van der Waals surface area contributed by atoms with Crippen molar-refractivity contribution in [2.24, 2.45) is 0 Å². The third kappa shape index (κ3) is 3.82. The predicted molar refractivity (Wildman–Crippen MR) is 105 cm³/mol. The molecule has 1 N–H and O–H groups in total. The fourth-order valence-corrected chi connectivity index (χ4v) is 6.34. The first-order chi connectivity index (χ1) is 12.3. The van der Waals surface area contributed by atoms with Gasteiger partial charge in [-0.1, -0.05) is 42.5 Å². The number of carbonyl (C=O) groups is 1. The quantitative estimate of drug-likeness (QED) is 0.848. The van der Waals surface area contributed by atoms with Gasteiger partial charge in [0.25, 0.3) is 5.91 Å². The lowest BCUT2D eigenvalue weighted by molar-refractivity contribution is -0.123. The minimum absolute atomic E-state index is 0.0526. The van der Waals surface area contributed by atoms with E-state index in [0.29, 0.717) is 4.58 Å². The molecule has 0 radical (unpaired) electrons. The molecule has 1 fully saturated rings. The fraction of sp³-hybridized carbons (Fsp3) is 0.350. The molecule has 0 bridgehead atoms. The molecule has 1 unspecified atom stereocenters. The van der Waals surface area contributed by atoms with Crippen LogP contribution in [0.4, 0.5) is 0 Å². The van der Waals surface area contributed by atoms with E-state index in [1.807, 2.05) is 47.8 Å². The summed E-state index contributed by atoms with van der Waals surface area (Å²) in [4.78, 5) is 12.4. The van der Waals surface area contributed by atoms with Gasteiger partial charge in [-0.15, -0.1) is 23.5 Å². The Kier molecular flexibility index (Phi) is 5.22. The molecule has 130 valence electrons.